The molecule has 0 rings (SSSR count). The van der Waals surface area contributed by atoms with Gasteiger partial charge in [0.1, 0.15) is 0 Å². The Hall–Kier alpha value is -0.830. The topological polar surface area (TPSA) is 40.5 Å². The Morgan fingerprint density at radius 1 is 0.720 bits per heavy atom. The molecule has 0 heterocycles. The number of unbranched alkanes of at least 4 members (excludes halogenated alkanes) is 10. The second-order valence-corrected chi connectivity index (χ2v) is 7.39. The molecule has 1 N–H and O–H groups in total. The molecule has 0 unspecified atom stereocenters. The van der Waals surface area contributed by atoms with Gasteiger partial charge < -0.3 is 10.0 Å². The molecule has 0 aromatic carbocycles. The van der Waals surface area contributed by atoms with Gasteiger partial charge in [-0.2, -0.15) is 0 Å². The maximum absolute atomic E-state index is 10.9. The monoisotopic (exact) mass is 353 g/mol. The van der Waals surface area contributed by atoms with Crippen LogP contribution in [0.15, 0.2) is 12.2 Å². The fraction of sp³-hybridized carbons (Fsp3) is 0.864. The molecule has 0 aliphatic carbocycles. The minimum absolute atomic E-state index is 0.346. The maximum Gasteiger partial charge on any atom is 0.330 e. The molecule has 0 saturated carbocycles. The van der Waals surface area contributed by atoms with Gasteiger partial charge in [-0.1, -0.05) is 84.6 Å². The highest BCUT2D eigenvalue weighted by atomic mass is 16.4. The lowest BCUT2D eigenvalue weighted by Gasteiger charge is -2.22. The number of aliphatic carboxylic acids is 1. The fourth-order valence-electron chi connectivity index (χ4n) is 3.19. The van der Waals surface area contributed by atoms with E-state index >= 15 is 0 Å². The first-order chi connectivity index (χ1) is 12.1. The van der Waals surface area contributed by atoms with Gasteiger partial charge in [0.25, 0.3) is 0 Å². The standard InChI is InChI=1S/C22H43NO2/c1-4-6-8-10-12-14-18-23(19-15-13-11-9-7-5-2)20-16-17-21(3)22(24)25/h3-20H2,1-2H3,(H,24,25). The number of nitrogens with zero attached hydrogens (tertiary/aromatic N) is 1. The van der Waals surface area contributed by atoms with Gasteiger partial charge in [0, 0.05) is 5.57 Å². The lowest BCUT2D eigenvalue weighted by molar-refractivity contribution is -0.132. The lowest BCUT2D eigenvalue weighted by Crippen LogP contribution is -2.27. The smallest absolute Gasteiger partial charge is 0.330 e. The zero-order valence-corrected chi connectivity index (χ0v) is 17.0. The summed E-state index contributed by atoms with van der Waals surface area (Å²) in [5.74, 6) is -0.849. The van der Waals surface area contributed by atoms with Crippen LogP contribution in [0.4, 0.5) is 0 Å². The molecular weight excluding hydrogens is 310 g/mol. The molecule has 0 radical (unpaired) electrons. The van der Waals surface area contributed by atoms with Gasteiger partial charge in [-0.3, -0.25) is 0 Å². The highest BCUT2D eigenvalue weighted by Crippen LogP contribution is 2.11. The van der Waals surface area contributed by atoms with E-state index < -0.39 is 5.97 Å². The summed E-state index contributed by atoms with van der Waals surface area (Å²) >= 11 is 0. The summed E-state index contributed by atoms with van der Waals surface area (Å²) in [6.45, 7) is 11.5. The van der Waals surface area contributed by atoms with Crippen molar-refractivity contribution in [3.63, 3.8) is 0 Å². The summed E-state index contributed by atoms with van der Waals surface area (Å²) in [7, 11) is 0. The van der Waals surface area contributed by atoms with Gasteiger partial charge in [-0.25, -0.2) is 4.79 Å². The third-order valence-electron chi connectivity index (χ3n) is 4.91. The van der Waals surface area contributed by atoms with Crippen molar-refractivity contribution in [3.8, 4) is 0 Å². The van der Waals surface area contributed by atoms with E-state index in [1.165, 1.54) is 90.1 Å². The highest BCUT2D eigenvalue weighted by molar-refractivity contribution is 5.85. The van der Waals surface area contributed by atoms with Crippen molar-refractivity contribution in [2.24, 2.45) is 0 Å². The molecular formula is C22H43NO2. The number of hydrogen-bond acceptors (Lipinski definition) is 2. The number of carboxylic acid groups (broad SMARTS) is 1. The molecule has 0 atom stereocenters. The molecule has 0 bridgehead atoms. The van der Waals surface area contributed by atoms with Crippen LogP contribution in [0.1, 0.15) is 104 Å². The predicted molar refractivity (Wildman–Crippen MR) is 109 cm³/mol. The van der Waals surface area contributed by atoms with Crippen molar-refractivity contribution < 1.29 is 9.90 Å². The number of carboxylic acids is 1. The molecule has 0 fully saturated rings. The van der Waals surface area contributed by atoms with E-state index in [1.807, 2.05) is 0 Å². The molecule has 25 heavy (non-hydrogen) atoms. The van der Waals surface area contributed by atoms with Crippen molar-refractivity contribution in [2.75, 3.05) is 19.6 Å². The summed E-state index contributed by atoms with van der Waals surface area (Å²) < 4.78 is 0. The normalized spacial score (nSPS) is 11.2. The Morgan fingerprint density at radius 3 is 1.56 bits per heavy atom. The number of carbonyl (C=O) groups is 1. The quantitative estimate of drug-likeness (QED) is 0.215. The van der Waals surface area contributed by atoms with Crippen LogP contribution >= 0.6 is 0 Å². The molecule has 3 heteroatoms. The summed E-state index contributed by atoms with van der Waals surface area (Å²) in [6.07, 6.45) is 17.5. The first kappa shape index (κ1) is 24.2. The van der Waals surface area contributed by atoms with E-state index in [0.29, 0.717) is 12.0 Å². The van der Waals surface area contributed by atoms with Crippen LogP contribution in [-0.4, -0.2) is 35.6 Å². The average Bonchev–Trinajstić information content (AvgIpc) is 2.60. The van der Waals surface area contributed by atoms with Crippen molar-refractivity contribution >= 4 is 5.97 Å². The molecule has 0 aliphatic rings. The second-order valence-electron chi connectivity index (χ2n) is 7.39. The molecule has 0 aromatic rings. The minimum Gasteiger partial charge on any atom is -0.478 e. The Bertz CT molecular complexity index is 312. The van der Waals surface area contributed by atoms with Crippen LogP contribution in [0, 0.1) is 0 Å². The third kappa shape index (κ3) is 16.4. The average molecular weight is 354 g/mol. The first-order valence-corrected chi connectivity index (χ1v) is 10.7. The van der Waals surface area contributed by atoms with Crippen molar-refractivity contribution in [1.29, 1.82) is 0 Å². The maximum atomic E-state index is 10.9. The predicted octanol–water partition coefficient (Wildman–Crippen LogP) is 6.43. The molecule has 0 spiro atoms. The molecule has 0 amide bonds. The van der Waals surface area contributed by atoms with E-state index in [1.54, 1.807) is 0 Å². The summed E-state index contributed by atoms with van der Waals surface area (Å²) in [5, 5.41) is 8.92. The Labute approximate surface area is 156 Å². The highest BCUT2D eigenvalue weighted by Gasteiger charge is 2.08. The van der Waals surface area contributed by atoms with Gasteiger partial charge in [0.15, 0.2) is 0 Å². The van der Waals surface area contributed by atoms with Crippen molar-refractivity contribution in [3.05, 3.63) is 12.2 Å². The largest absolute Gasteiger partial charge is 0.478 e. The van der Waals surface area contributed by atoms with Crippen LogP contribution in [0.3, 0.4) is 0 Å². The zero-order valence-electron chi connectivity index (χ0n) is 17.0. The van der Waals surface area contributed by atoms with Crippen LogP contribution in [0.5, 0.6) is 0 Å². The minimum atomic E-state index is -0.849. The molecule has 0 aromatic heterocycles. The van der Waals surface area contributed by atoms with E-state index in [2.05, 4.69) is 25.3 Å². The molecule has 3 nitrogen and oxygen atoms in total. The van der Waals surface area contributed by atoms with Crippen molar-refractivity contribution in [2.45, 2.75) is 104 Å². The van der Waals surface area contributed by atoms with Gasteiger partial charge in [0.05, 0.1) is 0 Å². The van der Waals surface area contributed by atoms with Crippen LogP contribution < -0.4 is 0 Å². The van der Waals surface area contributed by atoms with Gasteiger partial charge in [-0.15, -0.1) is 0 Å². The summed E-state index contributed by atoms with van der Waals surface area (Å²) in [6, 6.07) is 0. The van der Waals surface area contributed by atoms with E-state index in [4.69, 9.17) is 5.11 Å². The SMILES string of the molecule is C=C(CCCN(CCCCCCCC)CCCCCCCC)C(=O)O. The summed E-state index contributed by atoms with van der Waals surface area (Å²) in [4.78, 5) is 13.4. The zero-order chi connectivity index (χ0) is 18.8. The summed E-state index contributed by atoms with van der Waals surface area (Å²) in [5.41, 5.74) is 0.346. The van der Waals surface area contributed by atoms with Gasteiger partial charge in [0.2, 0.25) is 0 Å². The Morgan fingerprint density at radius 2 is 1.12 bits per heavy atom. The first-order valence-electron chi connectivity index (χ1n) is 10.7. The van der Waals surface area contributed by atoms with Crippen LogP contribution in [-0.2, 0) is 4.79 Å². The third-order valence-corrected chi connectivity index (χ3v) is 4.91. The second kappa shape index (κ2) is 18.0. The van der Waals surface area contributed by atoms with Crippen LogP contribution in [0.25, 0.3) is 0 Å². The lowest BCUT2D eigenvalue weighted by atomic mass is 10.1. The molecule has 0 aliphatic heterocycles. The Balaban J connectivity index is 3.95. The fourth-order valence-corrected chi connectivity index (χ4v) is 3.19. The number of rotatable bonds is 19. The van der Waals surface area contributed by atoms with Gasteiger partial charge >= 0.3 is 5.97 Å². The van der Waals surface area contributed by atoms with E-state index in [0.717, 1.165) is 13.0 Å². The molecule has 148 valence electrons. The van der Waals surface area contributed by atoms with Gasteiger partial charge in [-0.05, 0) is 45.3 Å². The van der Waals surface area contributed by atoms with Crippen molar-refractivity contribution in [1.82, 2.24) is 4.90 Å². The van der Waals surface area contributed by atoms with Crippen LogP contribution in [0.2, 0.25) is 0 Å². The number of hydrogen-bond donors (Lipinski definition) is 1. The molecule has 0 saturated heterocycles. The Kier molecular flexibility index (Phi) is 17.4. The van der Waals surface area contributed by atoms with E-state index in [-0.39, 0.29) is 0 Å². The van der Waals surface area contributed by atoms with E-state index in [9.17, 15) is 4.79 Å².